The summed E-state index contributed by atoms with van der Waals surface area (Å²) in [6.45, 7) is 0. The van der Waals surface area contributed by atoms with Crippen molar-refractivity contribution in [3.63, 3.8) is 0 Å². The number of para-hydroxylation sites is 2. The van der Waals surface area contributed by atoms with E-state index in [9.17, 15) is 0 Å². The molecule has 0 unspecified atom stereocenters. The molecule has 0 fully saturated rings. The molecule has 0 aliphatic rings. The topological polar surface area (TPSA) is 35.6 Å². The zero-order chi connectivity index (χ0) is 24.3. The molecule has 0 atom stereocenters. The van der Waals surface area contributed by atoms with Gasteiger partial charge in [-0.05, 0) is 36.4 Å². The smallest absolute Gasteiger partial charge is 0.125 e. The third-order valence-corrected chi connectivity index (χ3v) is 8.14. The van der Waals surface area contributed by atoms with Crippen LogP contribution in [0, 0.1) is 0 Å². The molecule has 0 bridgehead atoms. The van der Waals surface area contributed by atoms with Crippen molar-refractivity contribution in [3.05, 3.63) is 122 Å². The first kappa shape index (κ1) is 20.5. The van der Waals surface area contributed by atoms with Crippen molar-refractivity contribution >= 4 is 54.9 Å². The Morgan fingerprint density at radius 1 is 0.541 bits per heavy atom. The van der Waals surface area contributed by atoms with Crippen LogP contribution in [0.5, 0.6) is 0 Å². The molecular formula is C32H20N4S. The maximum absolute atomic E-state index is 4.80. The molecule has 0 amide bonds. The molecule has 0 spiro atoms. The maximum Gasteiger partial charge on any atom is 0.125 e. The molecule has 37 heavy (non-hydrogen) atoms. The van der Waals surface area contributed by atoms with Gasteiger partial charge in [-0.25, -0.2) is 4.98 Å². The first-order chi connectivity index (χ1) is 18.4. The molecule has 0 aliphatic carbocycles. The van der Waals surface area contributed by atoms with Gasteiger partial charge in [-0.3, -0.25) is 9.55 Å². The molecule has 4 aromatic heterocycles. The van der Waals surface area contributed by atoms with Crippen LogP contribution in [0.2, 0.25) is 0 Å². The summed E-state index contributed by atoms with van der Waals surface area (Å²) in [5, 5.41) is 7.09. The van der Waals surface area contributed by atoms with E-state index in [1.165, 1.54) is 43.6 Å². The number of aromatic nitrogens is 4. The van der Waals surface area contributed by atoms with Crippen molar-refractivity contribution in [3.8, 4) is 21.3 Å². The standard InChI is InChI=1S/C32H20N4S/c1-2-9-21(10-3-1)32-34-20-31(37-32)36-28-15-7-5-13-24(28)26-17-25-23-12-4-6-14-27(23)35(29(25)18-30(26)36)22-11-8-16-33-19-22/h1-20H. The van der Waals surface area contributed by atoms with Crippen molar-refractivity contribution < 1.29 is 0 Å². The predicted octanol–water partition coefficient (Wildman–Crippen LogP) is 8.40. The summed E-state index contributed by atoms with van der Waals surface area (Å²) < 4.78 is 4.68. The largest absolute Gasteiger partial charge is 0.308 e. The fourth-order valence-corrected chi connectivity index (χ4v) is 6.47. The molecule has 4 heterocycles. The Kier molecular flexibility index (Phi) is 4.36. The highest BCUT2D eigenvalue weighted by molar-refractivity contribution is 7.17. The summed E-state index contributed by atoms with van der Waals surface area (Å²) in [5.74, 6) is 0. The third kappa shape index (κ3) is 3.01. The number of thiazole rings is 1. The van der Waals surface area contributed by atoms with E-state index in [0.717, 1.165) is 21.3 Å². The lowest BCUT2D eigenvalue weighted by Crippen LogP contribution is -1.95. The van der Waals surface area contributed by atoms with Crippen molar-refractivity contribution in [2.45, 2.75) is 0 Å². The van der Waals surface area contributed by atoms with Gasteiger partial charge in [0.2, 0.25) is 0 Å². The molecule has 4 nitrogen and oxygen atoms in total. The van der Waals surface area contributed by atoms with E-state index < -0.39 is 0 Å². The van der Waals surface area contributed by atoms with Crippen molar-refractivity contribution in [1.29, 1.82) is 0 Å². The highest BCUT2D eigenvalue weighted by Crippen LogP contribution is 2.40. The SMILES string of the molecule is c1ccc(-c2ncc(-n3c4ccccc4c4cc5c6ccccc6n(-c6cccnc6)c5cc43)s2)cc1. The molecule has 0 aliphatic heterocycles. The van der Waals surface area contributed by atoms with E-state index in [1.54, 1.807) is 11.3 Å². The van der Waals surface area contributed by atoms with Gasteiger partial charge in [0.15, 0.2) is 0 Å². The predicted molar refractivity (Wildman–Crippen MR) is 154 cm³/mol. The maximum atomic E-state index is 4.80. The number of rotatable bonds is 3. The first-order valence-corrected chi connectivity index (χ1v) is 13.1. The van der Waals surface area contributed by atoms with E-state index in [4.69, 9.17) is 4.98 Å². The molecule has 0 N–H and O–H groups in total. The highest BCUT2D eigenvalue weighted by Gasteiger charge is 2.19. The van der Waals surface area contributed by atoms with Gasteiger partial charge in [0.25, 0.3) is 0 Å². The summed E-state index contributed by atoms with van der Waals surface area (Å²) >= 11 is 1.72. The molecule has 0 saturated carbocycles. The Balaban J connectivity index is 1.49. The van der Waals surface area contributed by atoms with Crippen LogP contribution in [0.4, 0.5) is 0 Å². The lowest BCUT2D eigenvalue weighted by atomic mass is 10.1. The quantitative estimate of drug-likeness (QED) is 0.248. The lowest BCUT2D eigenvalue weighted by molar-refractivity contribution is 1.14. The zero-order valence-corrected chi connectivity index (χ0v) is 20.6. The van der Waals surface area contributed by atoms with Crippen LogP contribution in [-0.2, 0) is 0 Å². The summed E-state index contributed by atoms with van der Waals surface area (Å²) in [6, 6.07) is 36.5. The van der Waals surface area contributed by atoms with Gasteiger partial charge in [0.05, 0.1) is 40.1 Å². The number of benzene rings is 4. The zero-order valence-electron chi connectivity index (χ0n) is 19.7. The second-order valence-corrected chi connectivity index (χ2v) is 10.2. The fourth-order valence-electron chi connectivity index (χ4n) is 5.52. The van der Waals surface area contributed by atoms with Crippen LogP contribution in [0.1, 0.15) is 0 Å². The Labute approximate surface area is 216 Å². The van der Waals surface area contributed by atoms with Crippen LogP contribution in [0.3, 0.4) is 0 Å². The lowest BCUT2D eigenvalue weighted by Gasteiger charge is -2.08. The molecule has 0 radical (unpaired) electrons. The second-order valence-electron chi connectivity index (χ2n) is 9.17. The molecule has 5 heteroatoms. The third-order valence-electron chi connectivity index (χ3n) is 7.10. The summed E-state index contributed by atoms with van der Waals surface area (Å²) in [7, 11) is 0. The van der Waals surface area contributed by atoms with Crippen molar-refractivity contribution in [1.82, 2.24) is 19.1 Å². The van der Waals surface area contributed by atoms with Crippen LogP contribution < -0.4 is 0 Å². The fraction of sp³-hybridized carbons (Fsp3) is 0. The summed E-state index contributed by atoms with van der Waals surface area (Å²) in [5.41, 5.74) is 6.89. The highest BCUT2D eigenvalue weighted by atomic mass is 32.1. The van der Waals surface area contributed by atoms with E-state index in [-0.39, 0.29) is 0 Å². The average Bonchev–Trinajstić information content (AvgIpc) is 3.65. The minimum absolute atomic E-state index is 1.02. The minimum atomic E-state index is 1.02. The number of fused-ring (bicyclic) bond motifs is 6. The van der Waals surface area contributed by atoms with Crippen LogP contribution in [0.15, 0.2) is 122 Å². The summed E-state index contributed by atoms with van der Waals surface area (Å²) in [6.07, 6.45) is 5.75. The molecule has 8 aromatic rings. The van der Waals surface area contributed by atoms with Gasteiger partial charge in [-0.1, -0.05) is 78.1 Å². The monoisotopic (exact) mass is 492 g/mol. The van der Waals surface area contributed by atoms with Gasteiger partial charge in [0, 0.05) is 33.3 Å². The van der Waals surface area contributed by atoms with E-state index in [2.05, 4.69) is 105 Å². The average molecular weight is 493 g/mol. The second kappa shape index (κ2) is 7.88. The van der Waals surface area contributed by atoms with Gasteiger partial charge in [-0.15, -0.1) is 0 Å². The van der Waals surface area contributed by atoms with Gasteiger partial charge in [-0.2, -0.15) is 0 Å². The van der Waals surface area contributed by atoms with Gasteiger partial charge in [0.1, 0.15) is 10.0 Å². The molecule has 0 saturated heterocycles. The van der Waals surface area contributed by atoms with Gasteiger partial charge < -0.3 is 4.57 Å². The number of pyridine rings is 1. The number of hydrogen-bond donors (Lipinski definition) is 0. The van der Waals surface area contributed by atoms with Gasteiger partial charge >= 0.3 is 0 Å². The van der Waals surface area contributed by atoms with E-state index in [1.807, 2.05) is 30.7 Å². The Morgan fingerprint density at radius 3 is 1.95 bits per heavy atom. The Bertz CT molecular complexity index is 2080. The first-order valence-electron chi connectivity index (χ1n) is 12.3. The molecule has 174 valence electrons. The Morgan fingerprint density at radius 2 is 1.22 bits per heavy atom. The molecular weight excluding hydrogens is 472 g/mol. The molecule has 8 rings (SSSR count). The molecule has 4 aromatic carbocycles. The minimum Gasteiger partial charge on any atom is -0.308 e. The summed E-state index contributed by atoms with van der Waals surface area (Å²) in [4.78, 5) is 9.22. The number of hydrogen-bond acceptors (Lipinski definition) is 3. The Hall–Kier alpha value is -4.74. The van der Waals surface area contributed by atoms with Crippen LogP contribution in [0.25, 0.3) is 64.9 Å². The van der Waals surface area contributed by atoms with E-state index in [0.29, 0.717) is 0 Å². The van der Waals surface area contributed by atoms with Crippen molar-refractivity contribution in [2.24, 2.45) is 0 Å². The van der Waals surface area contributed by atoms with Crippen LogP contribution in [-0.4, -0.2) is 19.1 Å². The normalized spacial score (nSPS) is 11.8. The van der Waals surface area contributed by atoms with E-state index >= 15 is 0 Å². The van der Waals surface area contributed by atoms with Crippen LogP contribution >= 0.6 is 11.3 Å². The number of nitrogens with zero attached hydrogens (tertiary/aromatic N) is 4. The van der Waals surface area contributed by atoms with Crippen molar-refractivity contribution in [2.75, 3.05) is 0 Å².